The smallest absolute Gasteiger partial charge is 0.251 e. The molecule has 1 amide bonds. The van der Waals surface area contributed by atoms with Crippen molar-refractivity contribution in [3.05, 3.63) is 83.1 Å². The maximum atomic E-state index is 12.2. The minimum absolute atomic E-state index is 0.0413. The number of likely N-dealkylation sites (N-methyl/N-ethyl adjacent to an activating group) is 1. The fourth-order valence-electron chi connectivity index (χ4n) is 5.25. The SMILES string of the molecule is CCc1cccc(N2CCN(CC)CC2)c1Cl.O=C(NC1CCCCC1)c1ccc(-c2cccnc2)cc1. The molecule has 5 rings (SSSR count). The van der Waals surface area contributed by atoms with E-state index < -0.39 is 0 Å². The Hall–Kier alpha value is -2.89. The molecule has 202 valence electrons. The molecule has 0 atom stereocenters. The number of piperazine rings is 1. The Morgan fingerprint density at radius 1 is 0.921 bits per heavy atom. The highest BCUT2D eigenvalue weighted by Gasteiger charge is 2.19. The first-order valence-electron chi connectivity index (χ1n) is 14.1. The van der Waals surface area contributed by atoms with Gasteiger partial charge in [-0.05, 0) is 66.8 Å². The predicted octanol–water partition coefficient (Wildman–Crippen LogP) is 6.86. The van der Waals surface area contributed by atoms with Gasteiger partial charge in [-0.2, -0.15) is 0 Å². The number of rotatable bonds is 6. The Labute approximate surface area is 233 Å². The summed E-state index contributed by atoms with van der Waals surface area (Å²) in [4.78, 5) is 21.2. The van der Waals surface area contributed by atoms with Gasteiger partial charge in [0.15, 0.2) is 0 Å². The third-order valence-electron chi connectivity index (χ3n) is 7.68. The van der Waals surface area contributed by atoms with Gasteiger partial charge in [0.1, 0.15) is 0 Å². The summed E-state index contributed by atoms with van der Waals surface area (Å²) in [6.45, 7) is 9.98. The van der Waals surface area contributed by atoms with E-state index >= 15 is 0 Å². The Morgan fingerprint density at radius 3 is 2.29 bits per heavy atom. The second kappa shape index (κ2) is 14.3. The summed E-state index contributed by atoms with van der Waals surface area (Å²) in [7, 11) is 0. The zero-order chi connectivity index (χ0) is 26.7. The number of benzene rings is 2. The lowest BCUT2D eigenvalue weighted by atomic mass is 9.95. The van der Waals surface area contributed by atoms with Crippen LogP contribution in [-0.4, -0.2) is 54.6 Å². The number of halogens is 1. The molecule has 1 aliphatic heterocycles. The van der Waals surface area contributed by atoms with Gasteiger partial charge in [0.2, 0.25) is 0 Å². The van der Waals surface area contributed by atoms with E-state index in [9.17, 15) is 4.79 Å². The van der Waals surface area contributed by atoms with Crippen LogP contribution >= 0.6 is 11.6 Å². The molecule has 38 heavy (non-hydrogen) atoms. The van der Waals surface area contributed by atoms with Crippen LogP contribution < -0.4 is 10.2 Å². The number of nitrogens with one attached hydrogen (secondary N) is 1. The normalized spacial score (nSPS) is 16.4. The van der Waals surface area contributed by atoms with E-state index in [4.69, 9.17) is 11.6 Å². The van der Waals surface area contributed by atoms with Crippen LogP contribution in [0.2, 0.25) is 5.02 Å². The first-order chi connectivity index (χ1) is 18.6. The minimum Gasteiger partial charge on any atom is -0.368 e. The third kappa shape index (κ3) is 7.58. The van der Waals surface area contributed by atoms with Crippen LogP contribution in [0, 0.1) is 0 Å². The van der Waals surface area contributed by atoms with Gasteiger partial charge in [-0.3, -0.25) is 9.78 Å². The number of carbonyl (C=O) groups is 1. The molecule has 6 heteroatoms. The fraction of sp³-hybridized carbons (Fsp3) is 0.438. The quantitative estimate of drug-likeness (QED) is 0.377. The lowest BCUT2D eigenvalue weighted by molar-refractivity contribution is 0.0927. The number of hydrogen-bond donors (Lipinski definition) is 1. The molecule has 0 radical (unpaired) electrons. The zero-order valence-electron chi connectivity index (χ0n) is 22.8. The maximum Gasteiger partial charge on any atom is 0.251 e. The summed E-state index contributed by atoms with van der Waals surface area (Å²) in [5, 5.41) is 4.09. The van der Waals surface area contributed by atoms with Crippen molar-refractivity contribution in [3.8, 4) is 11.1 Å². The molecule has 5 nitrogen and oxygen atoms in total. The number of aromatic nitrogens is 1. The minimum atomic E-state index is 0.0413. The molecule has 0 spiro atoms. The largest absolute Gasteiger partial charge is 0.368 e. The van der Waals surface area contributed by atoms with Gasteiger partial charge in [0, 0.05) is 50.2 Å². The van der Waals surface area contributed by atoms with Crippen LogP contribution in [0.15, 0.2) is 67.0 Å². The van der Waals surface area contributed by atoms with Crippen molar-refractivity contribution < 1.29 is 4.79 Å². The molecule has 1 saturated carbocycles. The van der Waals surface area contributed by atoms with E-state index in [1.165, 1.54) is 30.5 Å². The van der Waals surface area contributed by atoms with Gasteiger partial charge in [0.25, 0.3) is 5.91 Å². The molecule has 1 N–H and O–H groups in total. The number of carbonyl (C=O) groups excluding carboxylic acids is 1. The molecule has 0 unspecified atom stereocenters. The summed E-state index contributed by atoms with van der Waals surface area (Å²) in [5.74, 6) is 0.0413. The van der Waals surface area contributed by atoms with E-state index in [1.807, 2.05) is 42.6 Å². The molecule has 3 aromatic rings. The van der Waals surface area contributed by atoms with Crippen LogP contribution in [0.4, 0.5) is 5.69 Å². The highest BCUT2D eigenvalue weighted by atomic mass is 35.5. The molecular weight excluding hydrogens is 492 g/mol. The lowest BCUT2D eigenvalue weighted by Gasteiger charge is -2.36. The van der Waals surface area contributed by atoms with Crippen LogP contribution in [0.25, 0.3) is 11.1 Å². The van der Waals surface area contributed by atoms with Crippen molar-refractivity contribution in [1.29, 1.82) is 0 Å². The fourth-order valence-corrected chi connectivity index (χ4v) is 5.63. The monoisotopic (exact) mass is 532 g/mol. The molecule has 2 heterocycles. The lowest BCUT2D eigenvalue weighted by Crippen LogP contribution is -2.46. The molecule has 1 aliphatic carbocycles. The Balaban J connectivity index is 0.000000181. The van der Waals surface area contributed by atoms with Crippen LogP contribution in [-0.2, 0) is 6.42 Å². The number of aryl methyl sites for hydroxylation is 1. The van der Waals surface area contributed by atoms with Crippen LogP contribution in [0.1, 0.15) is 61.9 Å². The highest BCUT2D eigenvalue weighted by molar-refractivity contribution is 6.34. The van der Waals surface area contributed by atoms with Crippen molar-refractivity contribution in [1.82, 2.24) is 15.2 Å². The van der Waals surface area contributed by atoms with Gasteiger partial charge in [-0.25, -0.2) is 0 Å². The predicted molar refractivity (Wildman–Crippen MR) is 159 cm³/mol. The molecule has 2 aromatic carbocycles. The average molecular weight is 533 g/mol. The van der Waals surface area contributed by atoms with E-state index in [1.54, 1.807) is 6.20 Å². The summed E-state index contributed by atoms with van der Waals surface area (Å²) in [5.41, 5.74) is 5.34. The third-order valence-corrected chi connectivity index (χ3v) is 8.12. The van der Waals surface area contributed by atoms with E-state index in [2.05, 4.69) is 52.1 Å². The van der Waals surface area contributed by atoms with E-state index in [0.29, 0.717) is 6.04 Å². The second-order valence-electron chi connectivity index (χ2n) is 10.2. The number of nitrogens with zero attached hydrogens (tertiary/aromatic N) is 3. The number of anilines is 1. The van der Waals surface area contributed by atoms with Crippen molar-refractivity contribution in [2.75, 3.05) is 37.6 Å². The zero-order valence-corrected chi connectivity index (χ0v) is 23.6. The second-order valence-corrected chi connectivity index (χ2v) is 10.5. The molecule has 1 saturated heterocycles. The highest BCUT2D eigenvalue weighted by Crippen LogP contribution is 2.30. The molecule has 0 bridgehead atoms. The average Bonchev–Trinajstić information content (AvgIpc) is 2.99. The van der Waals surface area contributed by atoms with Gasteiger partial charge in [-0.1, -0.05) is 75.0 Å². The Kier molecular flexibility index (Phi) is 10.6. The van der Waals surface area contributed by atoms with Gasteiger partial charge in [0.05, 0.1) is 10.7 Å². The standard InChI is InChI=1S/C18H20N2O.C14H21ClN2/c21-18(20-17-6-2-1-3-7-17)15-10-8-14(9-11-15)16-5-4-12-19-13-16;1-3-12-6-5-7-13(14(12)15)17-10-8-16(4-2)9-11-17/h4-5,8-13,17H,1-3,6-7H2,(H,20,21);5-7H,3-4,8-11H2,1-2H3. The molecule has 1 aromatic heterocycles. The number of pyridine rings is 1. The summed E-state index contributed by atoms with van der Waals surface area (Å²) in [6.07, 6.45) is 10.6. The van der Waals surface area contributed by atoms with Gasteiger partial charge >= 0.3 is 0 Å². The Morgan fingerprint density at radius 2 is 1.66 bits per heavy atom. The van der Waals surface area contributed by atoms with Gasteiger partial charge in [-0.15, -0.1) is 0 Å². The first-order valence-corrected chi connectivity index (χ1v) is 14.5. The van der Waals surface area contributed by atoms with Crippen molar-refractivity contribution in [2.45, 2.75) is 58.4 Å². The number of hydrogen-bond acceptors (Lipinski definition) is 4. The summed E-state index contributed by atoms with van der Waals surface area (Å²) >= 11 is 6.46. The Bertz CT molecular complexity index is 1140. The van der Waals surface area contributed by atoms with E-state index in [-0.39, 0.29) is 5.91 Å². The van der Waals surface area contributed by atoms with Crippen molar-refractivity contribution >= 4 is 23.2 Å². The van der Waals surface area contributed by atoms with Crippen LogP contribution in [0.3, 0.4) is 0 Å². The van der Waals surface area contributed by atoms with E-state index in [0.717, 1.165) is 73.7 Å². The summed E-state index contributed by atoms with van der Waals surface area (Å²) in [6, 6.07) is 18.4. The van der Waals surface area contributed by atoms with Crippen molar-refractivity contribution in [3.63, 3.8) is 0 Å². The molecule has 2 aliphatic rings. The summed E-state index contributed by atoms with van der Waals surface area (Å²) < 4.78 is 0. The van der Waals surface area contributed by atoms with Gasteiger partial charge < -0.3 is 15.1 Å². The molecular formula is C32H41ClN4O. The van der Waals surface area contributed by atoms with Crippen LogP contribution in [0.5, 0.6) is 0 Å². The molecule has 2 fully saturated rings. The first kappa shape index (κ1) is 28.1. The maximum absolute atomic E-state index is 12.2. The topological polar surface area (TPSA) is 48.5 Å². The number of amides is 1. The van der Waals surface area contributed by atoms with Crippen molar-refractivity contribution in [2.24, 2.45) is 0 Å².